The molecule has 2 atom stereocenters. The van der Waals surface area contributed by atoms with E-state index in [-0.39, 0.29) is 11.9 Å². The van der Waals surface area contributed by atoms with E-state index in [1.807, 2.05) is 4.90 Å². The van der Waals surface area contributed by atoms with E-state index < -0.39 is 29.6 Å². The van der Waals surface area contributed by atoms with Gasteiger partial charge in [-0.3, -0.25) is 14.6 Å². The minimum absolute atomic E-state index is 0.0522. The van der Waals surface area contributed by atoms with Crippen LogP contribution in [0.1, 0.15) is 32.9 Å². The number of carbonyl (C=O) groups excluding carboxylic acids is 2. The molecule has 3 aliphatic heterocycles. The van der Waals surface area contributed by atoms with E-state index in [9.17, 15) is 22.8 Å². The smallest absolute Gasteiger partial charge is 0.435 e. The molecule has 0 saturated carbocycles. The highest BCUT2D eigenvalue weighted by Crippen LogP contribution is 2.34. The largest absolute Gasteiger partial charge is 0.444 e. The molecule has 5 rings (SSSR count). The summed E-state index contributed by atoms with van der Waals surface area (Å²) < 4.78 is 47.7. The van der Waals surface area contributed by atoms with Crippen molar-refractivity contribution in [1.82, 2.24) is 24.5 Å². The second-order valence-corrected chi connectivity index (χ2v) is 12.4. The molecule has 3 saturated heterocycles. The highest BCUT2D eigenvalue weighted by molar-refractivity contribution is 7.99. The number of benzene rings is 1. The Bertz CT molecular complexity index is 1200. The average Bonchev–Trinajstić information content (AvgIpc) is 3.67. The number of hydrogen-bond donors (Lipinski definition) is 0. The van der Waals surface area contributed by atoms with Crippen molar-refractivity contribution in [3.05, 3.63) is 42.1 Å². The Morgan fingerprint density at radius 2 is 1.73 bits per heavy atom. The summed E-state index contributed by atoms with van der Waals surface area (Å²) in [4.78, 5) is 34.0. The molecule has 0 radical (unpaired) electrons. The van der Waals surface area contributed by atoms with Gasteiger partial charge in [0.15, 0.2) is 5.69 Å². The van der Waals surface area contributed by atoms with E-state index in [0.29, 0.717) is 63.1 Å². The Kier molecular flexibility index (Phi) is 7.97. The number of piperazine rings is 1. The molecular formula is C27H35F3N6O3S. The van der Waals surface area contributed by atoms with Crippen molar-refractivity contribution in [2.45, 2.75) is 51.1 Å². The van der Waals surface area contributed by atoms with Gasteiger partial charge in [0.05, 0.1) is 11.6 Å². The summed E-state index contributed by atoms with van der Waals surface area (Å²) in [6.07, 6.45) is -4.55. The van der Waals surface area contributed by atoms with E-state index in [1.54, 1.807) is 72.7 Å². The highest BCUT2D eigenvalue weighted by Gasteiger charge is 2.46. The lowest BCUT2D eigenvalue weighted by Gasteiger charge is -2.38. The van der Waals surface area contributed by atoms with Crippen molar-refractivity contribution in [1.29, 1.82) is 0 Å². The van der Waals surface area contributed by atoms with Crippen molar-refractivity contribution in [3.8, 4) is 5.69 Å². The standard InChI is InChI=1S/C27H35F3N6O3S/c1-26(2,3)39-25(38)35-17-20(15-21(35)24(37)34-13-14-40-18-34)32-9-11-33(12-10-32)23-16-22(27(28,29)30)31-36(23)19-7-5-4-6-8-19/h4-8,16,20-21H,9-15,17-18H2,1-3H3/t20-,21-/m0/s1. The van der Waals surface area contributed by atoms with Gasteiger partial charge in [-0.05, 0) is 39.3 Å². The zero-order chi connectivity index (χ0) is 28.7. The summed E-state index contributed by atoms with van der Waals surface area (Å²) in [6, 6.07) is 9.25. The van der Waals surface area contributed by atoms with Gasteiger partial charge in [0.2, 0.25) is 5.91 Å². The van der Waals surface area contributed by atoms with Crippen molar-refractivity contribution in [2.75, 3.05) is 55.8 Å². The molecule has 13 heteroatoms. The van der Waals surface area contributed by atoms with Gasteiger partial charge >= 0.3 is 12.3 Å². The summed E-state index contributed by atoms with van der Waals surface area (Å²) in [5.41, 5.74) is -1.06. The number of alkyl halides is 3. The van der Waals surface area contributed by atoms with E-state index in [4.69, 9.17) is 4.74 Å². The Hall–Kier alpha value is -2.93. The summed E-state index contributed by atoms with van der Waals surface area (Å²) in [5, 5.41) is 3.88. The lowest BCUT2D eigenvalue weighted by atomic mass is 10.1. The fraction of sp³-hybridized carbons (Fsp3) is 0.593. The minimum Gasteiger partial charge on any atom is -0.444 e. The molecule has 4 heterocycles. The number of halogens is 3. The van der Waals surface area contributed by atoms with Crippen LogP contribution in [0.25, 0.3) is 5.69 Å². The van der Waals surface area contributed by atoms with E-state index in [1.165, 1.54) is 4.68 Å². The SMILES string of the molecule is CC(C)(C)OC(=O)N1C[C@@H](N2CCN(c3cc(C(F)(F)F)nn3-c3ccccc3)CC2)C[C@H]1C(=O)N1CCSC1. The first-order valence-electron chi connectivity index (χ1n) is 13.5. The summed E-state index contributed by atoms with van der Waals surface area (Å²) in [6.45, 7) is 8.57. The number of anilines is 1. The summed E-state index contributed by atoms with van der Waals surface area (Å²) in [7, 11) is 0. The van der Waals surface area contributed by atoms with Gasteiger partial charge < -0.3 is 14.5 Å². The molecule has 2 aromatic rings. The number of nitrogens with zero attached hydrogens (tertiary/aromatic N) is 6. The Morgan fingerprint density at radius 3 is 2.33 bits per heavy atom. The summed E-state index contributed by atoms with van der Waals surface area (Å²) >= 11 is 1.70. The van der Waals surface area contributed by atoms with Crippen LogP contribution in [0.15, 0.2) is 36.4 Å². The monoisotopic (exact) mass is 580 g/mol. The lowest BCUT2D eigenvalue weighted by molar-refractivity contribution is -0.141. The molecule has 3 aliphatic rings. The Balaban J connectivity index is 1.31. The third-order valence-corrected chi connectivity index (χ3v) is 8.36. The van der Waals surface area contributed by atoms with Crippen LogP contribution < -0.4 is 4.90 Å². The Labute approximate surface area is 236 Å². The predicted octanol–water partition coefficient (Wildman–Crippen LogP) is 3.92. The number of hydrogen-bond acceptors (Lipinski definition) is 7. The maximum atomic E-state index is 13.6. The van der Waals surface area contributed by atoms with Crippen LogP contribution in [0.4, 0.5) is 23.8 Å². The molecule has 3 fully saturated rings. The zero-order valence-electron chi connectivity index (χ0n) is 22.9. The van der Waals surface area contributed by atoms with E-state index >= 15 is 0 Å². The zero-order valence-corrected chi connectivity index (χ0v) is 23.7. The second kappa shape index (κ2) is 11.2. The molecule has 0 unspecified atom stereocenters. The number of ether oxygens (including phenoxy) is 1. The van der Waals surface area contributed by atoms with Crippen LogP contribution in [-0.4, -0.2) is 105 Å². The number of aromatic nitrogens is 2. The van der Waals surface area contributed by atoms with Crippen molar-refractivity contribution in [2.24, 2.45) is 0 Å². The quantitative estimate of drug-likeness (QED) is 0.543. The predicted molar refractivity (Wildman–Crippen MR) is 147 cm³/mol. The number of carbonyl (C=O) groups is 2. The van der Waals surface area contributed by atoms with Gasteiger partial charge in [-0.2, -0.15) is 18.3 Å². The van der Waals surface area contributed by atoms with Gasteiger partial charge in [-0.1, -0.05) is 18.2 Å². The lowest BCUT2D eigenvalue weighted by Crippen LogP contribution is -2.51. The third-order valence-electron chi connectivity index (χ3n) is 7.39. The molecule has 2 amide bonds. The van der Waals surface area contributed by atoms with Crippen molar-refractivity contribution < 1.29 is 27.5 Å². The van der Waals surface area contributed by atoms with Crippen molar-refractivity contribution in [3.63, 3.8) is 0 Å². The second-order valence-electron chi connectivity index (χ2n) is 11.3. The number of amides is 2. The molecule has 0 bridgehead atoms. The fourth-order valence-corrected chi connectivity index (χ4v) is 6.40. The maximum absolute atomic E-state index is 13.6. The maximum Gasteiger partial charge on any atom is 0.435 e. The van der Waals surface area contributed by atoms with Crippen LogP contribution in [0.3, 0.4) is 0 Å². The van der Waals surface area contributed by atoms with Gasteiger partial charge in [-0.25, -0.2) is 9.48 Å². The minimum atomic E-state index is -4.55. The number of para-hydroxylation sites is 1. The molecule has 40 heavy (non-hydrogen) atoms. The third kappa shape index (κ3) is 6.19. The van der Waals surface area contributed by atoms with Gasteiger partial charge in [0, 0.05) is 57.1 Å². The van der Waals surface area contributed by atoms with E-state index in [0.717, 1.165) is 11.8 Å². The molecule has 0 aliphatic carbocycles. The van der Waals surface area contributed by atoms with Crippen LogP contribution in [0.2, 0.25) is 0 Å². The number of thioether (sulfide) groups is 1. The van der Waals surface area contributed by atoms with Crippen LogP contribution in [-0.2, 0) is 15.7 Å². The molecule has 1 aromatic carbocycles. The first-order valence-corrected chi connectivity index (χ1v) is 14.6. The molecule has 9 nitrogen and oxygen atoms in total. The molecular weight excluding hydrogens is 545 g/mol. The van der Waals surface area contributed by atoms with Gasteiger partial charge in [0.25, 0.3) is 0 Å². The average molecular weight is 581 g/mol. The first kappa shape index (κ1) is 28.6. The van der Waals surface area contributed by atoms with Gasteiger partial charge in [-0.15, -0.1) is 11.8 Å². The van der Waals surface area contributed by atoms with Crippen LogP contribution in [0, 0.1) is 0 Å². The topological polar surface area (TPSA) is 74.1 Å². The van der Waals surface area contributed by atoms with Crippen molar-refractivity contribution >= 4 is 29.6 Å². The highest BCUT2D eigenvalue weighted by atomic mass is 32.2. The normalized spacial score (nSPS) is 22.7. The van der Waals surface area contributed by atoms with Crippen LogP contribution >= 0.6 is 11.8 Å². The Morgan fingerprint density at radius 1 is 1.02 bits per heavy atom. The van der Waals surface area contributed by atoms with Gasteiger partial charge in [0.1, 0.15) is 17.5 Å². The molecule has 1 aromatic heterocycles. The first-order chi connectivity index (χ1) is 18.9. The van der Waals surface area contributed by atoms with E-state index in [2.05, 4.69) is 10.00 Å². The summed E-state index contributed by atoms with van der Waals surface area (Å²) in [5.74, 6) is 1.84. The molecule has 0 N–H and O–H groups in total. The fourth-order valence-electron chi connectivity index (χ4n) is 5.44. The van der Waals surface area contributed by atoms with Crippen LogP contribution in [0.5, 0.6) is 0 Å². The molecule has 0 spiro atoms. The number of rotatable bonds is 4. The molecule has 218 valence electrons. The number of likely N-dealkylation sites (tertiary alicyclic amines) is 1.